The van der Waals surface area contributed by atoms with Crippen LogP contribution in [-0.2, 0) is 4.79 Å². The second-order valence-corrected chi connectivity index (χ2v) is 6.82. The van der Waals surface area contributed by atoms with Gasteiger partial charge in [-0.05, 0) is 68.4 Å². The molecule has 0 aromatic heterocycles. The summed E-state index contributed by atoms with van der Waals surface area (Å²) in [5.74, 6) is 3.79. The lowest BCUT2D eigenvalue weighted by Crippen LogP contribution is -2.19. The maximum atomic E-state index is 12.4. The Kier molecular flexibility index (Phi) is 2.33. The first-order chi connectivity index (χ1) is 9.15. The molecule has 1 N–H and O–H groups in total. The molecule has 19 heavy (non-hydrogen) atoms. The van der Waals surface area contributed by atoms with Crippen molar-refractivity contribution in [3.05, 3.63) is 29.3 Å². The molecule has 4 rings (SSSR count). The highest BCUT2D eigenvalue weighted by Gasteiger charge is 2.67. The minimum absolute atomic E-state index is 0.276. The lowest BCUT2D eigenvalue weighted by atomic mass is 10.0. The van der Waals surface area contributed by atoms with Crippen LogP contribution < -0.4 is 5.32 Å². The van der Waals surface area contributed by atoms with Gasteiger partial charge in [0.05, 0.1) is 0 Å². The van der Waals surface area contributed by atoms with Crippen LogP contribution in [0.15, 0.2) is 18.2 Å². The molecule has 0 radical (unpaired) electrons. The van der Waals surface area contributed by atoms with Gasteiger partial charge in [-0.2, -0.15) is 0 Å². The minimum atomic E-state index is 0.276. The summed E-state index contributed by atoms with van der Waals surface area (Å²) in [7, 11) is 0. The smallest absolute Gasteiger partial charge is 0.228 e. The molecule has 1 aromatic carbocycles. The Morgan fingerprint density at radius 2 is 1.84 bits per heavy atom. The number of benzene rings is 1. The first-order valence-electron chi connectivity index (χ1n) is 7.53. The van der Waals surface area contributed by atoms with Crippen LogP contribution in [0, 0.1) is 43.4 Å². The van der Waals surface area contributed by atoms with Crippen molar-refractivity contribution in [1.82, 2.24) is 0 Å². The maximum absolute atomic E-state index is 12.4. The van der Waals surface area contributed by atoms with Gasteiger partial charge in [0.25, 0.3) is 0 Å². The Labute approximate surface area is 114 Å². The summed E-state index contributed by atoms with van der Waals surface area (Å²) in [5, 5.41) is 3.16. The van der Waals surface area contributed by atoms with Crippen molar-refractivity contribution in [3.63, 3.8) is 0 Å². The SMILES string of the molecule is Cc1ccc(NC(=O)C2[C@@H]3[C@H]4CC[C@@H](C4)[C@@H]23)c(C)c1. The predicted octanol–water partition coefficient (Wildman–Crippen LogP) is 3.53. The summed E-state index contributed by atoms with van der Waals surface area (Å²) in [6.45, 7) is 4.15. The molecule has 4 atom stereocenters. The minimum Gasteiger partial charge on any atom is -0.326 e. The number of amides is 1. The summed E-state index contributed by atoms with van der Waals surface area (Å²) in [6, 6.07) is 6.24. The van der Waals surface area contributed by atoms with E-state index in [1.807, 2.05) is 6.07 Å². The summed E-state index contributed by atoms with van der Waals surface area (Å²) < 4.78 is 0. The van der Waals surface area contributed by atoms with E-state index in [4.69, 9.17) is 0 Å². The number of aryl methyl sites for hydroxylation is 2. The van der Waals surface area contributed by atoms with Crippen molar-refractivity contribution < 1.29 is 4.79 Å². The summed E-state index contributed by atoms with van der Waals surface area (Å²) >= 11 is 0. The van der Waals surface area contributed by atoms with Crippen molar-refractivity contribution >= 4 is 11.6 Å². The van der Waals surface area contributed by atoms with Crippen molar-refractivity contribution in [2.24, 2.45) is 29.6 Å². The van der Waals surface area contributed by atoms with Gasteiger partial charge in [-0.15, -0.1) is 0 Å². The molecular weight excluding hydrogens is 234 g/mol. The molecular formula is C17H21NO. The second-order valence-electron chi connectivity index (χ2n) is 6.82. The molecule has 0 aliphatic heterocycles. The number of anilines is 1. The molecule has 100 valence electrons. The number of nitrogens with one attached hydrogen (secondary N) is 1. The van der Waals surface area contributed by atoms with Gasteiger partial charge in [-0.3, -0.25) is 4.79 Å². The van der Waals surface area contributed by atoms with Crippen LogP contribution in [0.3, 0.4) is 0 Å². The first-order valence-corrected chi connectivity index (χ1v) is 7.53. The average Bonchev–Trinajstić information content (AvgIpc) is 2.82. The highest BCUT2D eigenvalue weighted by molar-refractivity contribution is 5.95. The van der Waals surface area contributed by atoms with Gasteiger partial charge >= 0.3 is 0 Å². The quantitative estimate of drug-likeness (QED) is 0.860. The monoisotopic (exact) mass is 255 g/mol. The fourth-order valence-electron chi connectivity index (χ4n) is 4.85. The van der Waals surface area contributed by atoms with E-state index < -0.39 is 0 Å². The van der Waals surface area contributed by atoms with Gasteiger partial charge in [0, 0.05) is 11.6 Å². The van der Waals surface area contributed by atoms with Crippen LogP contribution in [0.5, 0.6) is 0 Å². The van der Waals surface area contributed by atoms with Crippen LogP contribution in [0.4, 0.5) is 5.69 Å². The van der Waals surface area contributed by atoms with E-state index in [2.05, 4.69) is 31.3 Å². The Bertz CT molecular complexity index is 534. The third kappa shape index (κ3) is 1.65. The summed E-state index contributed by atoms with van der Waals surface area (Å²) in [4.78, 5) is 12.4. The van der Waals surface area contributed by atoms with Gasteiger partial charge in [-0.25, -0.2) is 0 Å². The standard InChI is InChI=1S/C17H21NO/c1-9-3-6-13(10(2)7-9)18-17(19)16-14-11-4-5-12(8-11)15(14)16/h3,6-7,11-12,14-16H,4-5,8H2,1-2H3,(H,18,19)/t11-,12-,14+,15+/m0/s1. The second kappa shape index (κ2) is 3.84. The summed E-state index contributed by atoms with van der Waals surface area (Å²) in [6.07, 6.45) is 4.15. The molecule has 0 heterocycles. The van der Waals surface area contributed by atoms with E-state index in [0.29, 0.717) is 5.92 Å². The number of carbonyl (C=O) groups excluding carboxylic acids is 1. The molecule has 1 amide bonds. The van der Waals surface area contributed by atoms with Crippen LogP contribution in [-0.4, -0.2) is 5.91 Å². The van der Waals surface area contributed by atoms with Crippen molar-refractivity contribution in [3.8, 4) is 0 Å². The third-order valence-electron chi connectivity index (χ3n) is 5.68. The summed E-state index contributed by atoms with van der Waals surface area (Å²) in [5.41, 5.74) is 3.41. The molecule has 3 saturated carbocycles. The average molecular weight is 255 g/mol. The van der Waals surface area contributed by atoms with Gasteiger partial charge in [0.2, 0.25) is 5.91 Å². The lowest BCUT2D eigenvalue weighted by molar-refractivity contribution is -0.118. The molecule has 2 heteroatoms. The van der Waals surface area contributed by atoms with Gasteiger partial charge < -0.3 is 5.32 Å². The van der Waals surface area contributed by atoms with E-state index in [-0.39, 0.29) is 5.91 Å². The normalized spacial score (nSPS) is 38.1. The molecule has 0 spiro atoms. The molecule has 2 nitrogen and oxygen atoms in total. The highest BCUT2D eigenvalue weighted by Crippen LogP contribution is 2.69. The van der Waals surface area contributed by atoms with E-state index in [9.17, 15) is 4.79 Å². The zero-order chi connectivity index (χ0) is 13.1. The topological polar surface area (TPSA) is 29.1 Å². The van der Waals surface area contributed by atoms with E-state index in [0.717, 1.165) is 29.4 Å². The molecule has 2 bridgehead atoms. The van der Waals surface area contributed by atoms with Crippen LogP contribution in [0.1, 0.15) is 30.4 Å². The number of fused-ring (bicyclic) bond motifs is 5. The Morgan fingerprint density at radius 3 is 2.47 bits per heavy atom. The Balaban J connectivity index is 1.48. The lowest BCUT2D eigenvalue weighted by Gasteiger charge is -2.12. The van der Waals surface area contributed by atoms with Crippen molar-refractivity contribution in [2.45, 2.75) is 33.1 Å². The van der Waals surface area contributed by atoms with Crippen LogP contribution >= 0.6 is 0 Å². The molecule has 0 unspecified atom stereocenters. The van der Waals surface area contributed by atoms with Crippen LogP contribution in [0.2, 0.25) is 0 Å². The molecule has 3 aliphatic rings. The fourth-order valence-corrected chi connectivity index (χ4v) is 4.85. The highest BCUT2D eigenvalue weighted by atomic mass is 16.2. The maximum Gasteiger partial charge on any atom is 0.228 e. The first kappa shape index (κ1) is 11.5. The van der Waals surface area contributed by atoms with Crippen molar-refractivity contribution in [2.75, 3.05) is 5.32 Å². The molecule has 0 saturated heterocycles. The molecule has 3 aliphatic carbocycles. The third-order valence-corrected chi connectivity index (χ3v) is 5.68. The number of rotatable bonds is 2. The number of hydrogen-bond acceptors (Lipinski definition) is 1. The van der Waals surface area contributed by atoms with Crippen LogP contribution in [0.25, 0.3) is 0 Å². The van der Waals surface area contributed by atoms with Gasteiger partial charge in [0.1, 0.15) is 0 Å². The molecule has 1 aromatic rings. The number of hydrogen-bond donors (Lipinski definition) is 1. The van der Waals surface area contributed by atoms with Crippen molar-refractivity contribution in [1.29, 1.82) is 0 Å². The zero-order valence-electron chi connectivity index (χ0n) is 11.6. The molecule has 3 fully saturated rings. The zero-order valence-corrected chi connectivity index (χ0v) is 11.6. The van der Waals surface area contributed by atoms with Gasteiger partial charge in [0.15, 0.2) is 0 Å². The largest absolute Gasteiger partial charge is 0.326 e. The number of carbonyl (C=O) groups is 1. The van der Waals surface area contributed by atoms with E-state index >= 15 is 0 Å². The predicted molar refractivity (Wildman–Crippen MR) is 75.8 cm³/mol. The van der Waals surface area contributed by atoms with Gasteiger partial charge in [-0.1, -0.05) is 17.7 Å². The van der Waals surface area contributed by atoms with E-state index in [1.165, 1.54) is 30.4 Å². The van der Waals surface area contributed by atoms with E-state index in [1.54, 1.807) is 0 Å². The Hall–Kier alpha value is -1.31. The fraction of sp³-hybridized carbons (Fsp3) is 0.588. The Morgan fingerprint density at radius 1 is 1.16 bits per heavy atom.